The minimum atomic E-state index is 0.174. The van der Waals surface area contributed by atoms with Gasteiger partial charge in [-0.1, -0.05) is 24.3 Å². The van der Waals surface area contributed by atoms with Gasteiger partial charge in [0.15, 0.2) is 11.5 Å². The second-order valence-corrected chi connectivity index (χ2v) is 3.69. The summed E-state index contributed by atoms with van der Waals surface area (Å²) in [7, 11) is 0. The third-order valence-electron chi connectivity index (χ3n) is 2.49. The van der Waals surface area contributed by atoms with E-state index in [2.05, 4.69) is 11.8 Å². The van der Waals surface area contributed by atoms with Crippen LogP contribution in [0.4, 0.5) is 0 Å². The minimum Gasteiger partial charge on any atom is -0.504 e. The Kier molecular flexibility index (Phi) is 3.52. The minimum absolute atomic E-state index is 0.174. The second-order valence-electron chi connectivity index (χ2n) is 3.69. The van der Waals surface area contributed by atoms with Crippen molar-refractivity contribution in [3.63, 3.8) is 0 Å². The van der Waals surface area contributed by atoms with Crippen LogP contribution in [0.2, 0.25) is 0 Å². The predicted molar refractivity (Wildman–Crippen MR) is 69.2 cm³/mol. The number of aromatic hydroxyl groups is 1. The summed E-state index contributed by atoms with van der Waals surface area (Å²) < 4.78 is 5.49. The Balaban J connectivity index is 2.21. The Bertz CT molecular complexity index is 576. The van der Waals surface area contributed by atoms with Crippen LogP contribution in [0.25, 0.3) is 10.8 Å². The van der Waals surface area contributed by atoms with Crippen molar-refractivity contribution >= 4 is 10.8 Å². The van der Waals surface area contributed by atoms with E-state index >= 15 is 0 Å². The van der Waals surface area contributed by atoms with Crippen LogP contribution in [0.1, 0.15) is 13.3 Å². The van der Waals surface area contributed by atoms with Crippen molar-refractivity contribution in [1.82, 2.24) is 0 Å². The van der Waals surface area contributed by atoms with Crippen LogP contribution >= 0.6 is 0 Å². The molecule has 2 aromatic carbocycles. The SMILES string of the molecule is CC#CCCOc1cc2ccccc2cc1O. The maximum Gasteiger partial charge on any atom is 0.161 e. The van der Waals surface area contributed by atoms with Gasteiger partial charge < -0.3 is 9.84 Å². The van der Waals surface area contributed by atoms with Crippen molar-refractivity contribution in [2.45, 2.75) is 13.3 Å². The van der Waals surface area contributed by atoms with E-state index < -0.39 is 0 Å². The van der Waals surface area contributed by atoms with E-state index in [-0.39, 0.29) is 5.75 Å². The monoisotopic (exact) mass is 226 g/mol. The van der Waals surface area contributed by atoms with E-state index in [4.69, 9.17) is 4.74 Å². The fourth-order valence-corrected chi connectivity index (χ4v) is 1.66. The number of hydrogen-bond donors (Lipinski definition) is 1. The molecule has 0 atom stereocenters. The number of phenols is 1. The predicted octanol–water partition coefficient (Wildman–Crippen LogP) is 3.34. The van der Waals surface area contributed by atoms with Crippen LogP contribution in [0.5, 0.6) is 11.5 Å². The summed E-state index contributed by atoms with van der Waals surface area (Å²) >= 11 is 0. The van der Waals surface area contributed by atoms with Crippen LogP contribution in [0, 0.1) is 11.8 Å². The van der Waals surface area contributed by atoms with Gasteiger partial charge in [-0.15, -0.1) is 11.8 Å². The molecule has 0 saturated carbocycles. The lowest BCUT2D eigenvalue weighted by Gasteiger charge is -2.08. The highest BCUT2D eigenvalue weighted by atomic mass is 16.5. The fraction of sp³-hybridized carbons (Fsp3) is 0.200. The van der Waals surface area contributed by atoms with E-state index in [1.54, 1.807) is 13.0 Å². The van der Waals surface area contributed by atoms with Crippen molar-refractivity contribution in [2.24, 2.45) is 0 Å². The molecular weight excluding hydrogens is 212 g/mol. The van der Waals surface area contributed by atoms with E-state index in [9.17, 15) is 5.11 Å². The summed E-state index contributed by atoms with van der Waals surface area (Å²) in [6, 6.07) is 11.4. The molecule has 0 unspecified atom stereocenters. The zero-order chi connectivity index (χ0) is 12.1. The number of phenolic OH excluding ortho intramolecular Hbond substituents is 1. The topological polar surface area (TPSA) is 29.5 Å². The third-order valence-corrected chi connectivity index (χ3v) is 2.49. The average molecular weight is 226 g/mol. The van der Waals surface area contributed by atoms with Gasteiger partial charge in [0.1, 0.15) is 0 Å². The molecule has 0 aliphatic carbocycles. The van der Waals surface area contributed by atoms with Gasteiger partial charge in [0, 0.05) is 6.42 Å². The molecule has 0 spiro atoms. The largest absolute Gasteiger partial charge is 0.504 e. The maximum absolute atomic E-state index is 9.80. The molecule has 0 bridgehead atoms. The number of fused-ring (bicyclic) bond motifs is 1. The lowest BCUT2D eigenvalue weighted by Crippen LogP contribution is -1.96. The van der Waals surface area contributed by atoms with Gasteiger partial charge in [0.25, 0.3) is 0 Å². The molecule has 0 fully saturated rings. The first-order valence-corrected chi connectivity index (χ1v) is 5.55. The molecule has 0 saturated heterocycles. The van der Waals surface area contributed by atoms with Gasteiger partial charge in [-0.25, -0.2) is 0 Å². The van der Waals surface area contributed by atoms with Gasteiger partial charge in [-0.05, 0) is 29.8 Å². The molecule has 2 heteroatoms. The fourth-order valence-electron chi connectivity index (χ4n) is 1.66. The third kappa shape index (κ3) is 2.70. The molecule has 2 rings (SSSR count). The molecule has 2 nitrogen and oxygen atoms in total. The van der Waals surface area contributed by atoms with Gasteiger partial charge in [-0.3, -0.25) is 0 Å². The summed E-state index contributed by atoms with van der Waals surface area (Å²) in [5, 5.41) is 11.9. The van der Waals surface area contributed by atoms with Crippen molar-refractivity contribution in [2.75, 3.05) is 6.61 Å². The first kappa shape index (κ1) is 11.3. The average Bonchev–Trinajstić information content (AvgIpc) is 2.35. The standard InChI is InChI=1S/C15H14O2/c1-2-3-6-9-17-15-11-13-8-5-4-7-12(13)10-14(15)16/h4-5,7-8,10-11,16H,6,9H2,1H3. The summed E-state index contributed by atoms with van der Waals surface area (Å²) in [4.78, 5) is 0. The van der Waals surface area contributed by atoms with Crippen molar-refractivity contribution < 1.29 is 9.84 Å². The Hall–Kier alpha value is -2.14. The van der Waals surface area contributed by atoms with Crippen LogP contribution < -0.4 is 4.74 Å². The molecule has 0 aliphatic rings. The van der Waals surface area contributed by atoms with E-state index in [1.165, 1.54) is 0 Å². The van der Waals surface area contributed by atoms with Crippen LogP contribution in [-0.4, -0.2) is 11.7 Å². The first-order chi connectivity index (χ1) is 8.31. The van der Waals surface area contributed by atoms with Crippen LogP contribution in [0.15, 0.2) is 36.4 Å². The summed E-state index contributed by atoms with van der Waals surface area (Å²) in [6.45, 7) is 2.29. The highest BCUT2D eigenvalue weighted by Crippen LogP contribution is 2.31. The Morgan fingerprint density at radius 2 is 1.88 bits per heavy atom. The number of hydrogen-bond acceptors (Lipinski definition) is 2. The summed E-state index contributed by atoms with van der Waals surface area (Å²) in [6.07, 6.45) is 0.669. The maximum atomic E-state index is 9.80. The van der Waals surface area contributed by atoms with E-state index in [0.29, 0.717) is 18.8 Å². The van der Waals surface area contributed by atoms with E-state index in [0.717, 1.165) is 10.8 Å². The normalized spacial score (nSPS) is 9.71. The molecule has 0 amide bonds. The Morgan fingerprint density at radius 3 is 2.59 bits per heavy atom. The highest BCUT2D eigenvalue weighted by molar-refractivity contribution is 5.85. The molecule has 0 heterocycles. The van der Waals surface area contributed by atoms with Gasteiger partial charge in [-0.2, -0.15) is 0 Å². The molecule has 0 aromatic heterocycles. The second kappa shape index (κ2) is 5.27. The van der Waals surface area contributed by atoms with Gasteiger partial charge in [0.2, 0.25) is 0 Å². The van der Waals surface area contributed by atoms with Gasteiger partial charge in [0.05, 0.1) is 6.61 Å². The Morgan fingerprint density at radius 1 is 1.18 bits per heavy atom. The molecule has 86 valence electrons. The zero-order valence-corrected chi connectivity index (χ0v) is 9.73. The molecule has 2 aromatic rings. The molecule has 17 heavy (non-hydrogen) atoms. The zero-order valence-electron chi connectivity index (χ0n) is 9.73. The van der Waals surface area contributed by atoms with Crippen molar-refractivity contribution in [3.05, 3.63) is 36.4 Å². The van der Waals surface area contributed by atoms with Crippen molar-refractivity contribution in [3.8, 4) is 23.3 Å². The molecule has 0 radical (unpaired) electrons. The quantitative estimate of drug-likeness (QED) is 0.642. The molecular formula is C15H14O2. The van der Waals surface area contributed by atoms with E-state index in [1.807, 2.05) is 30.3 Å². The number of rotatable bonds is 3. The number of benzene rings is 2. The summed E-state index contributed by atoms with van der Waals surface area (Å²) in [5.41, 5.74) is 0. The summed E-state index contributed by atoms with van der Waals surface area (Å²) in [5.74, 6) is 6.41. The van der Waals surface area contributed by atoms with Crippen LogP contribution in [-0.2, 0) is 0 Å². The van der Waals surface area contributed by atoms with Crippen molar-refractivity contribution in [1.29, 1.82) is 0 Å². The highest BCUT2D eigenvalue weighted by Gasteiger charge is 2.04. The van der Waals surface area contributed by atoms with Gasteiger partial charge >= 0.3 is 0 Å². The number of ether oxygens (including phenoxy) is 1. The smallest absolute Gasteiger partial charge is 0.161 e. The lowest BCUT2D eigenvalue weighted by molar-refractivity contribution is 0.308. The molecule has 0 aliphatic heterocycles. The molecule has 1 N–H and O–H groups in total. The lowest BCUT2D eigenvalue weighted by atomic mass is 10.1. The Labute approximate surface area is 101 Å². The first-order valence-electron chi connectivity index (χ1n) is 5.55. The van der Waals surface area contributed by atoms with Crippen LogP contribution in [0.3, 0.4) is 0 Å².